The molecule has 0 bridgehead atoms. The van der Waals surface area contributed by atoms with Crippen LogP contribution in [0, 0.1) is 17.2 Å². The third-order valence-electron chi connectivity index (χ3n) is 3.65. The van der Waals surface area contributed by atoms with Crippen molar-refractivity contribution in [1.29, 1.82) is 5.26 Å². The number of carbonyl (C=O) groups excluding carboxylic acids is 1. The Morgan fingerprint density at radius 3 is 2.85 bits per heavy atom. The van der Waals surface area contributed by atoms with E-state index in [0.29, 0.717) is 6.42 Å². The van der Waals surface area contributed by atoms with E-state index in [1.54, 1.807) is 0 Å². The van der Waals surface area contributed by atoms with Crippen molar-refractivity contribution in [1.82, 2.24) is 5.32 Å². The number of hydrogen-bond acceptors (Lipinski definition) is 3. The second-order valence-corrected chi connectivity index (χ2v) is 5.22. The molecule has 4 nitrogen and oxygen atoms in total. The Kier molecular flexibility index (Phi) is 5.14. The van der Waals surface area contributed by atoms with Crippen LogP contribution >= 0.6 is 0 Å². The van der Waals surface area contributed by atoms with Crippen molar-refractivity contribution in [2.75, 3.05) is 6.61 Å². The Hall–Kier alpha value is -1.86. The van der Waals surface area contributed by atoms with E-state index in [1.807, 2.05) is 37.3 Å². The van der Waals surface area contributed by atoms with Crippen LogP contribution in [0.15, 0.2) is 30.3 Å². The van der Waals surface area contributed by atoms with Crippen LogP contribution in [0.4, 0.5) is 0 Å². The lowest BCUT2D eigenvalue weighted by Gasteiger charge is -2.21. The van der Waals surface area contributed by atoms with Crippen LogP contribution in [-0.4, -0.2) is 24.7 Å². The summed E-state index contributed by atoms with van der Waals surface area (Å²) in [7, 11) is 0. The van der Waals surface area contributed by atoms with Gasteiger partial charge in [-0.2, -0.15) is 5.26 Å². The molecule has 1 fully saturated rings. The highest BCUT2D eigenvalue weighted by molar-refractivity contribution is 5.81. The molecule has 1 aliphatic heterocycles. The summed E-state index contributed by atoms with van der Waals surface area (Å²) >= 11 is 0. The van der Waals surface area contributed by atoms with Gasteiger partial charge < -0.3 is 10.1 Å². The third kappa shape index (κ3) is 3.82. The quantitative estimate of drug-likeness (QED) is 0.892. The van der Waals surface area contributed by atoms with Crippen molar-refractivity contribution >= 4 is 5.91 Å². The molecule has 1 aromatic carbocycles. The van der Waals surface area contributed by atoms with Gasteiger partial charge in [-0.15, -0.1) is 0 Å². The summed E-state index contributed by atoms with van der Waals surface area (Å²) in [6.07, 6.45) is 2.53. The Balaban J connectivity index is 1.90. The first kappa shape index (κ1) is 14.5. The Bertz CT molecular complexity index is 475. The third-order valence-corrected chi connectivity index (χ3v) is 3.65. The molecule has 1 amide bonds. The fourth-order valence-electron chi connectivity index (χ4n) is 2.46. The van der Waals surface area contributed by atoms with Gasteiger partial charge in [0.05, 0.1) is 18.2 Å². The topological polar surface area (TPSA) is 62.1 Å². The summed E-state index contributed by atoms with van der Waals surface area (Å²) < 4.78 is 5.55. The summed E-state index contributed by atoms with van der Waals surface area (Å²) in [5.41, 5.74) is 0.999. The summed E-state index contributed by atoms with van der Waals surface area (Å²) in [6.45, 7) is 2.70. The molecule has 1 aromatic rings. The first-order chi connectivity index (χ1) is 9.70. The van der Waals surface area contributed by atoms with Gasteiger partial charge in [0, 0.05) is 6.61 Å². The van der Waals surface area contributed by atoms with Gasteiger partial charge in [-0.1, -0.05) is 30.3 Å². The maximum Gasteiger partial charge on any atom is 0.237 e. The van der Waals surface area contributed by atoms with Gasteiger partial charge in [0.15, 0.2) is 0 Å². The number of carbonyl (C=O) groups is 1. The molecule has 0 spiro atoms. The molecule has 20 heavy (non-hydrogen) atoms. The average molecular weight is 272 g/mol. The average Bonchev–Trinajstić information content (AvgIpc) is 3.00. The standard InChI is InChI=1S/C16H20N2O2/c1-12(15-8-5-9-20-15)18-16(19)14(11-17)10-13-6-3-2-4-7-13/h2-4,6-7,12,14-15H,5,8-10H2,1H3,(H,18,19). The second kappa shape index (κ2) is 7.06. The molecule has 3 atom stereocenters. The van der Waals surface area contributed by atoms with Crippen LogP contribution in [0.3, 0.4) is 0 Å². The highest BCUT2D eigenvalue weighted by Gasteiger charge is 2.26. The van der Waals surface area contributed by atoms with E-state index in [0.717, 1.165) is 25.0 Å². The molecule has 1 heterocycles. The van der Waals surface area contributed by atoms with Gasteiger partial charge in [0.1, 0.15) is 5.92 Å². The first-order valence-corrected chi connectivity index (χ1v) is 7.06. The number of amides is 1. The number of rotatable bonds is 5. The Morgan fingerprint density at radius 1 is 1.50 bits per heavy atom. The lowest BCUT2D eigenvalue weighted by molar-refractivity contribution is -0.124. The maximum absolute atomic E-state index is 12.2. The lowest BCUT2D eigenvalue weighted by Crippen LogP contribution is -2.43. The minimum absolute atomic E-state index is 0.0448. The fourth-order valence-corrected chi connectivity index (χ4v) is 2.46. The zero-order chi connectivity index (χ0) is 14.4. The van der Waals surface area contributed by atoms with Gasteiger partial charge in [0.2, 0.25) is 5.91 Å². The van der Waals surface area contributed by atoms with Crippen LogP contribution in [0.25, 0.3) is 0 Å². The second-order valence-electron chi connectivity index (χ2n) is 5.22. The van der Waals surface area contributed by atoms with E-state index in [-0.39, 0.29) is 18.1 Å². The van der Waals surface area contributed by atoms with E-state index in [9.17, 15) is 10.1 Å². The molecule has 0 saturated carbocycles. The largest absolute Gasteiger partial charge is 0.376 e. The van der Waals surface area contributed by atoms with E-state index in [2.05, 4.69) is 11.4 Å². The predicted octanol–water partition coefficient (Wildman–Crippen LogP) is 2.05. The van der Waals surface area contributed by atoms with Gasteiger partial charge >= 0.3 is 0 Å². The molecule has 4 heteroatoms. The maximum atomic E-state index is 12.2. The van der Waals surface area contributed by atoms with Gasteiger partial charge in [-0.25, -0.2) is 0 Å². The molecule has 1 aliphatic rings. The molecular weight excluding hydrogens is 252 g/mol. The SMILES string of the molecule is CC(NC(=O)C(C#N)Cc1ccccc1)C1CCCO1. The summed E-state index contributed by atoms with van der Waals surface area (Å²) in [5.74, 6) is -0.861. The minimum atomic E-state index is -0.652. The summed E-state index contributed by atoms with van der Waals surface area (Å²) in [4.78, 5) is 12.2. The number of nitrogens with zero attached hydrogens (tertiary/aromatic N) is 1. The van der Waals surface area contributed by atoms with E-state index in [4.69, 9.17) is 4.74 Å². The normalized spacial score (nSPS) is 20.9. The van der Waals surface area contributed by atoms with E-state index >= 15 is 0 Å². The van der Waals surface area contributed by atoms with E-state index in [1.165, 1.54) is 0 Å². The highest BCUT2D eigenvalue weighted by atomic mass is 16.5. The van der Waals surface area contributed by atoms with Gasteiger partial charge in [-0.05, 0) is 31.7 Å². The first-order valence-electron chi connectivity index (χ1n) is 7.06. The van der Waals surface area contributed by atoms with Gasteiger partial charge in [-0.3, -0.25) is 4.79 Å². The molecule has 2 rings (SSSR count). The van der Waals surface area contributed by atoms with Crippen molar-refractivity contribution in [3.63, 3.8) is 0 Å². The van der Waals surface area contributed by atoms with Crippen LogP contribution in [0.5, 0.6) is 0 Å². The highest BCUT2D eigenvalue weighted by Crippen LogP contribution is 2.16. The van der Waals surface area contributed by atoms with Crippen LogP contribution < -0.4 is 5.32 Å². The zero-order valence-electron chi connectivity index (χ0n) is 11.7. The van der Waals surface area contributed by atoms with Crippen molar-refractivity contribution in [2.24, 2.45) is 5.92 Å². The number of nitrogens with one attached hydrogen (secondary N) is 1. The monoisotopic (exact) mass is 272 g/mol. The fraction of sp³-hybridized carbons (Fsp3) is 0.500. The van der Waals surface area contributed by atoms with Crippen molar-refractivity contribution < 1.29 is 9.53 Å². The van der Waals surface area contributed by atoms with Crippen molar-refractivity contribution in [2.45, 2.75) is 38.3 Å². The molecule has 1 saturated heterocycles. The number of hydrogen-bond donors (Lipinski definition) is 1. The van der Waals surface area contributed by atoms with Crippen LogP contribution in [-0.2, 0) is 16.0 Å². The van der Waals surface area contributed by atoms with Crippen LogP contribution in [0.1, 0.15) is 25.3 Å². The molecule has 0 radical (unpaired) electrons. The number of nitriles is 1. The van der Waals surface area contributed by atoms with Gasteiger partial charge in [0.25, 0.3) is 0 Å². The molecule has 0 aliphatic carbocycles. The molecule has 3 unspecified atom stereocenters. The number of benzene rings is 1. The smallest absolute Gasteiger partial charge is 0.237 e. The molecular formula is C16H20N2O2. The summed E-state index contributed by atoms with van der Waals surface area (Å²) in [5, 5.41) is 12.1. The molecule has 0 aromatic heterocycles. The Labute approximate surface area is 119 Å². The predicted molar refractivity (Wildman–Crippen MR) is 75.8 cm³/mol. The van der Waals surface area contributed by atoms with E-state index < -0.39 is 5.92 Å². The van der Waals surface area contributed by atoms with Crippen molar-refractivity contribution in [3.8, 4) is 6.07 Å². The zero-order valence-corrected chi connectivity index (χ0v) is 11.7. The number of ether oxygens (including phenoxy) is 1. The minimum Gasteiger partial charge on any atom is -0.376 e. The molecule has 1 N–H and O–H groups in total. The summed E-state index contributed by atoms with van der Waals surface area (Å²) in [6, 6.07) is 11.7. The Morgan fingerprint density at radius 2 is 2.25 bits per heavy atom. The lowest BCUT2D eigenvalue weighted by atomic mass is 9.99. The van der Waals surface area contributed by atoms with Crippen LogP contribution in [0.2, 0.25) is 0 Å². The van der Waals surface area contributed by atoms with Crippen molar-refractivity contribution in [3.05, 3.63) is 35.9 Å². The molecule has 106 valence electrons.